The third kappa shape index (κ3) is 2.91. The molecule has 24 heavy (non-hydrogen) atoms. The molecule has 4 heteroatoms. The highest BCUT2D eigenvalue weighted by atomic mass is 16.5. The summed E-state index contributed by atoms with van der Waals surface area (Å²) in [5, 5.41) is 18.7. The topological polar surface area (TPSA) is 58.9 Å². The van der Waals surface area contributed by atoms with Gasteiger partial charge in [-0.15, -0.1) is 0 Å². The molecule has 0 spiro atoms. The Bertz CT molecular complexity index is 584. The van der Waals surface area contributed by atoms with Gasteiger partial charge < -0.3 is 19.7 Å². The van der Waals surface area contributed by atoms with E-state index < -0.39 is 0 Å². The van der Waals surface area contributed by atoms with Crippen LogP contribution >= 0.6 is 0 Å². The van der Waals surface area contributed by atoms with Crippen LogP contribution in [0, 0.1) is 13.8 Å². The maximum absolute atomic E-state index is 9.34. The minimum absolute atomic E-state index is 0.150. The highest BCUT2D eigenvalue weighted by molar-refractivity contribution is 5.60. The van der Waals surface area contributed by atoms with Gasteiger partial charge in [0.05, 0.1) is 0 Å². The lowest BCUT2D eigenvalue weighted by Crippen LogP contribution is -2.40. The smallest absolute Gasteiger partial charge is 0.127 e. The lowest BCUT2D eigenvalue weighted by atomic mass is 9.81. The van der Waals surface area contributed by atoms with E-state index in [4.69, 9.17) is 9.47 Å². The molecule has 2 heterocycles. The average molecular weight is 334 g/mol. The van der Waals surface area contributed by atoms with Crippen LogP contribution < -0.4 is 9.47 Å². The van der Waals surface area contributed by atoms with E-state index in [9.17, 15) is 10.2 Å². The number of rotatable bonds is 4. The first-order valence-corrected chi connectivity index (χ1v) is 9.07. The first kappa shape index (κ1) is 17.6. The van der Waals surface area contributed by atoms with Crippen molar-refractivity contribution in [2.75, 3.05) is 13.2 Å². The number of ether oxygens (including phenoxy) is 2. The van der Waals surface area contributed by atoms with Crippen LogP contribution in [-0.2, 0) is 12.8 Å². The van der Waals surface area contributed by atoms with Crippen LogP contribution in [0.3, 0.4) is 0 Å². The van der Waals surface area contributed by atoms with Gasteiger partial charge in [-0.3, -0.25) is 0 Å². The van der Waals surface area contributed by atoms with E-state index in [0.717, 1.165) is 48.3 Å². The lowest BCUT2D eigenvalue weighted by Gasteiger charge is -2.42. The van der Waals surface area contributed by atoms with Gasteiger partial charge in [-0.2, -0.15) is 0 Å². The molecule has 134 valence electrons. The molecule has 2 unspecified atom stereocenters. The van der Waals surface area contributed by atoms with Gasteiger partial charge in [0.2, 0.25) is 0 Å². The molecular weight excluding hydrogens is 304 g/mol. The van der Waals surface area contributed by atoms with Gasteiger partial charge in [0.15, 0.2) is 0 Å². The van der Waals surface area contributed by atoms with Crippen LogP contribution in [0.4, 0.5) is 0 Å². The lowest BCUT2D eigenvalue weighted by molar-refractivity contribution is 0.0287. The number of benzene rings is 1. The van der Waals surface area contributed by atoms with Crippen LogP contribution in [0.2, 0.25) is 0 Å². The average Bonchev–Trinajstić information content (AvgIpc) is 2.53. The first-order chi connectivity index (χ1) is 11.3. The van der Waals surface area contributed by atoms with Crippen molar-refractivity contribution >= 4 is 0 Å². The van der Waals surface area contributed by atoms with E-state index in [2.05, 4.69) is 27.7 Å². The van der Waals surface area contributed by atoms with Crippen LogP contribution in [0.25, 0.3) is 0 Å². The second kappa shape index (κ2) is 6.23. The number of hydrogen-bond donors (Lipinski definition) is 2. The number of fused-ring (bicyclic) bond motifs is 3. The minimum atomic E-state index is -0.284. The SMILES string of the molecule is Cc1c(C)c2c(c3c1OC(C)(CCO)CC3)CCC(C)(CCO)O2. The van der Waals surface area contributed by atoms with Crippen molar-refractivity contribution in [1.82, 2.24) is 0 Å². The zero-order valence-corrected chi connectivity index (χ0v) is 15.4. The second-order valence-corrected chi connectivity index (χ2v) is 7.92. The maximum atomic E-state index is 9.34. The van der Waals surface area contributed by atoms with Crippen molar-refractivity contribution in [3.8, 4) is 11.5 Å². The largest absolute Gasteiger partial charge is 0.487 e. The van der Waals surface area contributed by atoms with Crippen molar-refractivity contribution in [3.05, 3.63) is 22.3 Å². The first-order valence-electron chi connectivity index (χ1n) is 9.07. The molecule has 2 aliphatic rings. The summed E-state index contributed by atoms with van der Waals surface area (Å²) in [7, 11) is 0. The van der Waals surface area contributed by atoms with Gasteiger partial charge in [0, 0.05) is 37.2 Å². The van der Waals surface area contributed by atoms with E-state index in [1.54, 1.807) is 0 Å². The zero-order valence-electron chi connectivity index (χ0n) is 15.4. The molecule has 0 amide bonds. The summed E-state index contributed by atoms with van der Waals surface area (Å²) in [4.78, 5) is 0. The third-order valence-electron chi connectivity index (χ3n) is 5.94. The highest BCUT2D eigenvalue weighted by Crippen LogP contribution is 2.48. The van der Waals surface area contributed by atoms with Crippen LogP contribution in [0.15, 0.2) is 0 Å². The predicted molar refractivity (Wildman–Crippen MR) is 94.0 cm³/mol. The molecule has 0 fully saturated rings. The molecule has 0 aromatic heterocycles. The molecule has 2 N–H and O–H groups in total. The molecular formula is C20H30O4. The fourth-order valence-electron chi connectivity index (χ4n) is 4.07. The summed E-state index contributed by atoms with van der Waals surface area (Å²) in [6.07, 6.45) is 5.09. The van der Waals surface area contributed by atoms with Crippen LogP contribution in [0.5, 0.6) is 11.5 Å². The molecule has 4 nitrogen and oxygen atoms in total. The predicted octanol–water partition coefficient (Wildman–Crippen LogP) is 3.24. The van der Waals surface area contributed by atoms with Crippen molar-refractivity contribution < 1.29 is 19.7 Å². The molecule has 0 saturated carbocycles. The molecule has 1 aromatic rings. The Morgan fingerprint density at radius 1 is 0.792 bits per heavy atom. The maximum Gasteiger partial charge on any atom is 0.127 e. The van der Waals surface area contributed by atoms with Gasteiger partial charge in [-0.05, 0) is 64.5 Å². The molecule has 2 aliphatic heterocycles. The number of aliphatic hydroxyl groups is 2. The summed E-state index contributed by atoms with van der Waals surface area (Å²) in [5.41, 5.74) is 4.29. The molecule has 0 saturated heterocycles. The summed E-state index contributed by atoms with van der Waals surface area (Å²) in [6, 6.07) is 0. The molecule has 0 radical (unpaired) electrons. The molecule has 0 aliphatic carbocycles. The minimum Gasteiger partial charge on any atom is -0.487 e. The molecule has 0 bridgehead atoms. The Balaban J connectivity index is 2.03. The van der Waals surface area contributed by atoms with Crippen LogP contribution in [0.1, 0.15) is 61.8 Å². The van der Waals surface area contributed by atoms with Gasteiger partial charge in [0.1, 0.15) is 22.7 Å². The normalized spacial score (nSPS) is 28.6. The molecule has 3 rings (SSSR count). The van der Waals surface area contributed by atoms with Gasteiger partial charge in [0.25, 0.3) is 0 Å². The van der Waals surface area contributed by atoms with Crippen molar-refractivity contribution in [2.24, 2.45) is 0 Å². The summed E-state index contributed by atoms with van der Waals surface area (Å²) in [6.45, 7) is 8.68. The molecule has 1 aromatic carbocycles. The van der Waals surface area contributed by atoms with E-state index in [1.165, 1.54) is 11.1 Å². The Kier molecular flexibility index (Phi) is 4.56. The summed E-state index contributed by atoms with van der Waals surface area (Å²) < 4.78 is 12.8. The monoisotopic (exact) mass is 334 g/mol. The Labute approximate surface area is 144 Å². The van der Waals surface area contributed by atoms with Gasteiger partial charge in [-0.1, -0.05) is 0 Å². The third-order valence-corrected chi connectivity index (χ3v) is 5.94. The standard InChI is InChI=1S/C20H30O4/c1-13-14(2)18-16(6-8-20(4,24-18)10-12-22)15-5-7-19(3,9-11-21)23-17(13)15/h21-22H,5-12H2,1-4H3. The van der Waals surface area contributed by atoms with Crippen molar-refractivity contribution in [1.29, 1.82) is 0 Å². The molecule has 2 atom stereocenters. The van der Waals surface area contributed by atoms with Crippen molar-refractivity contribution in [3.63, 3.8) is 0 Å². The number of hydrogen-bond acceptors (Lipinski definition) is 4. The fraction of sp³-hybridized carbons (Fsp3) is 0.700. The van der Waals surface area contributed by atoms with Crippen molar-refractivity contribution in [2.45, 2.75) is 77.4 Å². The van der Waals surface area contributed by atoms with Gasteiger partial charge >= 0.3 is 0 Å². The Morgan fingerprint density at radius 3 is 1.50 bits per heavy atom. The van der Waals surface area contributed by atoms with E-state index >= 15 is 0 Å². The Hall–Kier alpha value is -1.26. The quantitative estimate of drug-likeness (QED) is 0.887. The van der Waals surface area contributed by atoms with Gasteiger partial charge in [-0.25, -0.2) is 0 Å². The van der Waals surface area contributed by atoms with Crippen LogP contribution in [-0.4, -0.2) is 34.6 Å². The summed E-state index contributed by atoms with van der Waals surface area (Å²) >= 11 is 0. The second-order valence-electron chi connectivity index (χ2n) is 7.92. The zero-order chi connectivity index (χ0) is 17.5. The Morgan fingerprint density at radius 2 is 1.17 bits per heavy atom. The highest BCUT2D eigenvalue weighted by Gasteiger charge is 2.39. The number of aliphatic hydroxyl groups excluding tert-OH is 2. The van der Waals surface area contributed by atoms with E-state index in [0.29, 0.717) is 12.8 Å². The fourth-order valence-corrected chi connectivity index (χ4v) is 4.07. The van der Waals surface area contributed by atoms with E-state index in [-0.39, 0.29) is 24.4 Å². The summed E-state index contributed by atoms with van der Waals surface area (Å²) in [5.74, 6) is 2.01. The van der Waals surface area contributed by atoms with E-state index in [1.807, 2.05) is 0 Å².